The summed E-state index contributed by atoms with van der Waals surface area (Å²) in [6.45, 7) is 0. The monoisotopic (exact) mass is 348 g/mol. The third-order valence-corrected chi connectivity index (χ3v) is 4.47. The molecule has 1 amide bonds. The van der Waals surface area contributed by atoms with Crippen molar-refractivity contribution in [1.29, 1.82) is 0 Å². The number of amides is 1. The zero-order valence-corrected chi connectivity index (χ0v) is 14.4. The molecule has 0 heterocycles. The summed E-state index contributed by atoms with van der Waals surface area (Å²) in [6, 6.07) is 21.5. The normalized spacial score (nSPS) is 11.9. The molecule has 0 radical (unpaired) electrons. The fourth-order valence-corrected chi connectivity index (χ4v) is 2.98. The van der Waals surface area contributed by atoms with Crippen LogP contribution in [0, 0.1) is 5.82 Å². The molecule has 0 fully saturated rings. The molecule has 4 heteroatoms. The summed E-state index contributed by atoms with van der Waals surface area (Å²) >= 11 is 0. The van der Waals surface area contributed by atoms with Gasteiger partial charge in [0.15, 0.2) is 0 Å². The second-order valence-electron chi connectivity index (χ2n) is 6.31. The van der Waals surface area contributed by atoms with E-state index in [2.05, 4.69) is 0 Å². The summed E-state index contributed by atoms with van der Waals surface area (Å²) in [5.41, 5.74) is 15.0. The van der Waals surface area contributed by atoms with E-state index in [1.807, 2.05) is 42.5 Å². The van der Waals surface area contributed by atoms with Crippen LogP contribution < -0.4 is 11.5 Å². The van der Waals surface area contributed by atoms with Gasteiger partial charge in [-0.15, -0.1) is 0 Å². The minimum atomic E-state index is -0.508. The first-order valence-electron chi connectivity index (χ1n) is 8.54. The summed E-state index contributed by atoms with van der Waals surface area (Å²) in [7, 11) is 0. The second-order valence-corrected chi connectivity index (χ2v) is 6.31. The molecule has 4 N–H and O–H groups in total. The average Bonchev–Trinajstić information content (AvgIpc) is 2.67. The molecule has 0 aliphatic rings. The molecule has 132 valence electrons. The summed E-state index contributed by atoms with van der Waals surface area (Å²) in [6.07, 6.45) is 1.46. The Hall–Kier alpha value is -2.98. The third kappa shape index (κ3) is 4.16. The maximum absolute atomic E-state index is 14.6. The van der Waals surface area contributed by atoms with Gasteiger partial charge in [-0.2, -0.15) is 0 Å². The topological polar surface area (TPSA) is 69.1 Å². The van der Waals surface area contributed by atoms with Crippen molar-refractivity contribution in [1.82, 2.24) is 0 Å². The van der Waals surface area contributed by atoms with E-state index in [0.29, 0.717) is 23.1 Å². The predicted molar refractivity (Wildman–Crippen MR) is 102 cm³/mol. The zero-order chi connectivity index (χ0) is 18.5. The molecule has 3 aromatic carbocycles. The van der Waals surface area contributed by atoms with Crippen molar-refractivity contribution in [3.05, 3.63) is 95.3 Å². The van der Waals surface area contributed by atoms with E-state index >= 15 is 0 Å². The third-order valence-electron chi connectivity index (χ3n) is 4.47. The lowest BCUT2D eigenvalue weighted by molar-refractivity contribution is 0.100. The van der Waals surface area contributed by atoms with Crippen molar-refractivity contribution < 1.29 is 9.18 Å². The molecule has 3 rings (SSSR count). The highest BCUT2D eigenvalue weighted by atomic mass is 19.1. The summed E-state index contributed by atoms with van der Waals surface area (Å²) in [4.78, 5) is 11.3. The number of nitrogens with two attached hydrogens (primary N) is 2. The lowest BCUT2D eigenvalue weighted by atomic mass is 9.96. The molecule has 0 aliphatic carbocycles. The van der Waals surface area contributed by atoms with Gasteiger partial charge in [0.2, 0.25) is 5.91 Å². The Labute approximate surface area is 152 Å². The number of aryl methyl sites for hydroxylation is 1. The van der Waals surface area contributed by atoms with Gasteiger partial charge in [0, 0.05) is 17.2 Å². The van der Waals surface area contributed by atoms with E-state index in [-0.39, 0.29) is 11.9 Å². The van der Waals surface area contributed by atoms with E-state index < -0.39 is 5.91 Å². The highest BCUT2D eigenvalue weighted by Crippen LogP contribution is 2.26. The number of halogens is 1. The lowest BCUT2D eigenvalue weighted by Crippen LogP contribution is -2.13. The second kappa shape index (κ2) is 7.93. The van der Waals surface area contributed by atoms with E-state index in [1.54, 1.807) is 24.3 Å². The lowest BCUT2D eigenvalue weighted by Gasteiger charge is -2.14. The summed E-state index contributed by atoms with van der Waals surface area (Å²) < 4.78 is 14.6. The fraction of sp³-hybridized carbons (Fsp3) is 0.136. The van der Waals surface area contributed by atoms with Crippen LogP contribution in [-0.2, 0) is 6.42 Å². The molecule has 1 atom stereocenters. The zero-order valence-electron chi connectivity index (χ0n) is 14.4. The van der Waals surface area contributed by atoms with Crippen LogP contribution in [0.2, 0.25) is 0 Å². The van der Waals surface area contributed by atoms with Crippen molar-refractivity contribution in [2.24, 2.45) is 11.5 Å². The number of carbonyl (C=O) groups is 1. The van der Waals surface area contributed by atoms with E-state index in [4.69, 9.17) is 11.5 Å². The van der Waals surface area contributed by atoms with E-state index in [9.17, 15) is 9.18 Å². The summed E-state index contributed by atoms with van der Waals surface area (Å²) in [5.74, 6) is -0.848. The van der Waals surface area contributed by atoms with Crippen molar-refractivity contribution in [2.45, 2.75) is 18.9 Å². The number of carbonyl (C=O) groups excluding carboxylic acids is 1. The highest BCUT2D eigenvalue weighted by Gasteiger charge is 2.13. The van der Waals surface area contributed by atoms with Crippen LogP contribution in [-0.4, -0.2) is 5.91 Å². The average molecular weight is 348 g/mol. The highest BCUT2D eigenvalue weighted by molar-refractivity contribution is 5.94. The van der Waals surface area contributed by atoms with Crippen LogP contribution >= 0.6 is 0 Å². The molecule has 1 unspecified atom stereocenters. The van der Waals surface area contributed by atoms with Crippen molar-refractivity contribution >= 4 is 5.91 Å². The van der Waals surface area contributed by atoms with Gasteiger partial charge in [0.25, 0.3) is 0 Å². The number of hydrogen-bond acceptors (Lipinski definition) is 2. The first-order valence-corrected chi connectivity index (χ1v) is 8.54. The number of rotatable bonds is 6. The van der Waals surface area contributed by atoms with Crippen LogP contribution in [0.25, 0.3) is 11.1 Å². The van der Waals surface area contributed by atoms with Crippen LogP contribution in [0.15, 0.2) is 72.8 Å². The minimum absolute atomic E-state index is 0.340. The van der Waals surface area contributed by atoms with Crippen molar-refractivity contribution in [3.63, 3.8) is 0 Å². The fourth-order valence-electron chi connectivity index (χ4n) is 2.98. The van der Waals surface area contributed by atoms with Gasteiger partial charge in [-0.1, -0.05) is 54.6 Å². The van der Waals surface area contributed by atoms with Gasteiger partial charge in [0.05, 0.1) is 0 Å². The van der Waals surface area contributed by atoms with Gasteiger partial charge in [0.1, 0.15) is 5.82 Å². The Bertz CT molecular complexity index is 909. The molecule has 0 aromatic heterocycles. The molecule has 3 nitrogen and oxygen atoms in total. The van der Waals surface area contributed by atoms with Gasteiger partial charge >= 0.3 is 0 Å². The van der Waals surface area contributed by atoms with Crippen LogP contribution in [0.3, 0.4) is 0 Å². The first kappa shape index (κ1) is 17.8. The Morgan fingerprint density at radius 3 is 2.35 bits per heavy atom. The van der Waals surface area contributed by atoms with E-state index in [0.717, 1.165) is 12.0 Å². The SMILES string of the molecule is NC(=O)c1cccc(-c2ccc(C(N)CCc3ccccc3)c(F)c2)c1. The van der Waals surface area contributed by atoms with Crippen molar-refractivity contribution in [2.75, 3.05) is 0 Å². The van der Waals surface area contributed by atoms with E-state index in [1.165, 1.54) is 11.6 Å². The van der Waals surface area contributed by atoms with Crippen LogP contribution in [0.4, 0.5) is 4.39 Å². The number of primary amides is 1. The molecule has 26 heavy (non-hydrogen) atoms. The maximum Gasteiger partial charge on any atom is 0.248 e. The van der Waals surface area contributed by atoms with Gasteiger partial charge in [-0.25, -0.2) is 4.39 Å². The number of hydrogen-bond donors (Lipinski definition) is 2. The Morgan fingerprint density at radius 1 is 0.923 bits per heavy atom. The molecular weight excluding hydrogens is 327 g/mol. The van der Waals surface area contributed by atoms with Crippen molar-refractivity contribution in [3.8, 4) is 11.1 Å². The smallest absolute Gasteiger partial charge is 0.248 e. The Balaban J connectivity index is 1.76. The standard InChI is InChI=1S/C22H21FN2O/c23-20-14-17(16-7-4-8-18(13-16)22(25)26)10-11-19(20)21(24)12-9-15-5-2-1-3-6-15/h1-8,10-11,13-14,21H,9,12,24H2,(H2,25,26). The van der Waals surface area contributed by atoms with Gasteiger partial charge in [-0.3, -0.25) is 4.79 Å². The molecule has 3 aromatic rings. The van der Waals surface area contributed by atoms with Crippen LogP contribution in [0.5, 0.6) is 0 Å². The molecule has 0 bridgehead atoms. The predicted octanol–water partition coefficient (Wildman–Crippen LogP) is 4.22. The number of benzene rings is 3. The first-order chi connectivity index (χ1) is 12.5. The Morgan fingerprint density at radius 2 is 1.65 bits per heavy atom. The molecule has 0 saturated heterocycles. The molecular formula is C22H21FN2O. The molecule has 0 saturated carbocycles. The molecule has 0 spiro atoms. The largest absolute Gasteiger partial charge is 0.366 e. The maximum atomic E-state index is 14.6. The minimum Gasteiger partial charge on any atom is -0.366 e. The molecule has 0 aliphatic heterocycles. The van der Waals surface area contributed by atoms with Crippen LogP contribution in [0.1, 0.15) is 33.9 Å². The Kier molecular flexibility index (Phi) is 5.44. The quantitative estimate of drug-likeness (QED) is 0.700. The van der Waals surface area contributed by atoms with Gasteiger partial charge in [-0.05, 0) is 47.7 Å². The van der Waals surface area contributed by atoms with Gasteiger partial charge < -0.3 is 11.5 Å². The summed E-state index contributed by atoms with van der Waals surface area (Å²) in [5, 5.41) is 0.